The highest BCUT2D eigenvalue weighted by molar-refractivity contribution is 5.82. The van der Waals surface area contributed by atoms with Crippen molar-refractivity contribution in [2.75, 3.05) is 18.4 Å². The van der Waals surface area contributed by atoms with E-state index in [1.54, 1.807) is 0 Å². The monoisotopic (exact) mass is 278 g/mol. The fourth-order valence-electron chi connectivity index (χ4n) is 1.32. The molecule has 0 heterocycles. The molecule has 0 unspecified atom stereocenters. The molecule has 0 radical (unpaired) electrons. The third-order valence-electron chi connectivity index (χ3n) is 2.22. The van der Waals surface area contributed by atoms with Gasteiger partial charge in [-0.15, -0.1) is 6.42 Å². The molecular weight excluding hydrogens is 268 g/mol. The second-order valence-corrected chi connectivity index (χ2v) is 3.55. The van der Waals surface area contributed by atoms with E-state index in [-0.39, 0.29) is 18.8 Å². The van der Waals surface area contributed by atoms with Crippen LogP contribution in [0.5, 0.6) is 0 Å². The lowest BCUT2D eigenvalue weighted by molar-refractivity contribution is -0.393. The summed E-state index contributed by atoms with van der Waals surface area (Å²) in [5.74, 6) is 1.75. The molecule has 0 saturated carbocycles. The maximum atomic E-state index is 11.3. The molecule has 9 heteroatoms. The Bertz CT molecular complexity index is 593. The van der Waals surface area contributed by atoms with E-state index >= 15 is 0 Å². The molecule has 1 amide bonds. The Hall–Kier alpha value is -3.15. The Morgan fingerprint density at radius 2 is 2.00 bits per heavy atom. The molecule has 20 heavy (non-hydrogen) atoms. The zero-order valence-electron chi connectivity index (χ0n) is 10.2. The summed E-state index contributed by atoms with van der Waals surface area (Å²) in [5, 5.41) is 26.3. The van der Waals surface area contributed by atoms with Gasteiger partial charge in [-0.3, -0.25) is 25.0 Å². The summed E-state index contributed by atoms with van der Waals surface area (Å²) >= 11 is 0. The van der Waals surface area contributed by atoms with Crippen molar-refractivity contribution >= 4 is 23.0 Å². The van der Waals surface area contributed by atoms with Crippen LogP contribution in [0.4, 0.5) is 17.1 Å². The first-order valence-corrected chi connectivity index (χ1v) is 5.32. The molecule has 104 valence electrons. The van der Waals surface area contributed by atoms with Crippen molar-refractivity contribution in [1.29, 1.82) is 0 Å². The lowest BCUT2D eigenvalue weighted by Crippen LogP contribution is -2.30. The highest BCUT2D eigenvalue weighted by Crippen LogP contribution is 2.28. The normalized spacial score (nSPS) is 9.35. The van der Waals surface area contributed by atoms with Gasteiger partial charge >= 0.3 is 0 Å². The second kappa shape index (κ2) is 6.69. The van der Waals surface area contributed by atoms with Crippen LogP contribution in [0.3, 0.4) is 0 Å². The van der Waals surface area contributed by atoms with Crippen LogP contribution >= 0.6 is 0 Å². The minimum atomic E-state index is -0.769. The lowest BCUT2D eigenvalue weighted by Gasteiger charge is -2.06. The summed E-state index contributed by atoms with van der Waals surface area (Å²) in [5.41, 5.74) is -0.876. The van der Waals surface area contributed by atoms with Crippen LogP contribution in [-0.2, 0) is 4.79 Å². The number of terminal acetylenes is 1. The van der Waals surface area contributed by atoms with Crippen LogP contribution in [0.1, 0.15) is 0 Å². The molecule has 0 aliphatic heterocycles. The number of anilines is 1. The summed E-state index contributed by atoms with van der Waals surface area (Å²) in [6, 6.07) is 3.10. The van der Waals surface area contributed by atoms with E-state index in [9.17, 15) is 25.0 Å². The molecule has 0 fully saturated rings. The SMILES string of the molecule is C#CCNC(=O)CNc1ccc([N+](=O)[O-])cc1[N+](=O)[O-]. The molecule has 1 aromatic carbocycles. The summed E-state index contributed by atoms with van der Waals surface area (Å²) in [6.07, 6.45) is 4.95. The fourth-order valence-corrected chi connectivity index (χ4v) is 1.32. The third kappa shape index (κ3) is 3.95. The lowest BCUT2D eigenvalue weighted by atomic mass is 10.2. The third-order valence-corrected chi connectivity index (χ3v) is 2.22. The van der Waals surface area contributed by atoms with Crippen molar-refractivity contribution < 1.29 is 14.6 Å². The number of amides is 1. The minimum absolute atomic E-state index is 0.0106. The van der Waals surface area contributed by atoms with Gasteiger partial charge in [0.15, 0.2) is 0 Å². The van der Waals surface area contributed by atoms with Gasteiger partial charge in [-0.05, 0) is 6.07 Å². The minimum Gasteiger partial charge on any atom is -0.371 e. The van der Waals surface area contributed by atoms with E-state index in [1.807, 2.05) is 0 Å². The predicted molar refractivity (Wildman–Crippen MR) is 70.1 cm³/mol. The van der Waals surface area contributed by atoms with Gasteiger partial charge in [0, 0.05) is 6.07 Å². The van der Waals surface area contributed by atoms with E-state index in [0.29, 0.717) is 0 Å². The number of benzene rings is 1. The van der Waals surface area contributed by atoms with Gasteiger partial charge in [-0.2, -0.15) is 0 Å². The first-order valence-electron chi connectivity index (χ1n) is 5.32. The molecule has 2 N–H and O–H groups in total. The van der Waals surface area contributed by atoms with Crippen molar-refractivity contribution in [2.24, 2.45) is 0 Å². The van der Waals surface area contributed by atoms with Crippen molar-refractivity contribution in [3.8, 4) is 12.3 Å². The molecule has 1 aromatic rings. The van der Waals surface area contributed by atoms with E-state index in [0.717, 1.165) is 12.1 Å². The number of carbonyl (C=O) groups excluding carboxylic acids is 1. The number of rotatable bonds is 6. The molecule has 0 aliphatic carbocycles. The van der Waals surface area contributed by atoms with Crippen molar-refractivity contribution in [3.05, 3.63) is 38.4 Å². The number of nitro groups is 2. The van der Waals surface area contributed by atoms with Crippen LogP contribution in [0.25, 0.3) is 0 Å². The molecule has 0 saturated heterocycles. The van der Waals surface area contributed by atoms with Crippen LogP contribution in [0.2, 0.25) is 0 Å². The smallest absolute Gasteiger partial charge is 0.299 e. The standard InChI is InChI=1S/C11H10N4O5/c1-2-5-12-11(16)7-13-9-4-3-8(14(17)18)6-10(9)15(19)20/h1,3-4,6,13H,5,7H2,(H,12,16). The van der Waals surface area contributed by atoms with Crippen LogP contribution in [0.15, 0.2) is 18.2 Å². The van der Waals surface area contributed by atoms with Gasteiger partial charge in [0.1, 0.15) is 5.69 Å². The summed E-state index contributed by atoms with van der Waals surface area (Å²) in [4.78, 5) is 31.2. The van der Waals surface area contributed by atoms with Gasteiger partial charge in [0.05, 0.1) is 29.0 Å². The van der Waals surface area contributed by atoms with Crippen molar-refractivity contribution in [1.82, 2.24) is 5.32 Å². The topological polar surface area (TPSA) is 127 Å². The van der Waals surface area contributed by atoms with Gasteiger partial charge in [0.25, 0.3) is 11.4 Å². The predicted octanol–water partition coefficient (Wildman–Crippen LogP) is 0.664. The molecule has 0 atom stereocenters. The first kappa shape index (κ1) is 14.9. The van der Waals surface area contributed by atoms with Crippen LogP contribution in [0, 0.1) is 32.6 Å². The number of non-ortho nitro benzene ring substituents is 1. The van der Waals surface area contributed by atoms with Gasteiger partial charge in [0.2, 0.25) is 5.91 Å². The second-order valence-electron chi connectivity index (χ2n) is 3.55. The Morgan fingerprint density at radius 1 is 1.30 bits per heavy atom. The van der Waals surface area contributed by atoms with E-state index in [1.165, 1.54) is 6.07 Å². The Labute approximate surface area is 113 Å². The maximum Gasteiger partial charge on any atom is 0.299 e. The first-order chi connectivity index (χ1) is 9.45. The van der Waals surface area contributed by atoms with E-state index < -0.39 is 27.1 Å². The zero-order chi connectivity index (χ0) is 15.1. The molecule has 1 rings (SSSR count). The van der Waals surface area contributed by atoms with E-state index in [2.05, 4.69) is 16.6 Å². The number of nitrogens with one attached hydrogen (secondary N) is 2. The maximum absolute atomic E-state index is 11.3. The highest BCUT2D eigenvalue weighted by Gasteiger charge is 2.19. The molecule has 0 bridgehead atoms. The zero-order valence-corrected chi connectivity index (χ0v) is 10.2. The number of carbonyl (C=O) groups is 1. The quantitative estimate of drug-likeness (QED) is 0.447. The largest absolute Gasteiger partial charge is 0.371 e. The van der Waals surface area contributed by atoms with Crippen LogP contribution in [-0.4, -0.2) is 28.8 Å². The van der Waals surface area contributed by atoms with E-state index in [4.69, 9.17) is 6.42 Å². The average Bonchev–Trinajstić information content (AvgIpc) is 2.42. The summed E-state index contributed by atoms with van der Waals surface area (Å²) in [7, 11) is 0. The van der Waals surface area contributed by atoms with Crippen molar-refractivity contribution in [2.45, 2.75) is 0 Å². The highest BCUT2D eigenvalue weighted by atomic mass is 16.6. The van der Waals surface area contributed by atoms with Gasteiger partial charge in [-0.25, -0.2) is 0 Å². The van der Waals surface area contributed by atoms with Gasteiger partial charge < -0.3 is 10.6 Å². The summed E-state index contributed by atoms with van der Waals surface area (Å²) in [6.45, 7) is -0.191. The number of hydrogen-bond donors (Lipinski definition) is 2. The summed E-state index contributed by atoms with van der Waals surface area (Å²) < 4.78 is 0. The number of nitrogens with zero attached hydrogens (tertiary/aromatic N) is 2. The van der Waals surface area contributed by atoms with Gasteiger partial charge in [-0.1, -0.05) is 5.92 Å². The number of nitro benzene ring substituents is 2. The fraction of sp³-hybridized carbons (Fsp3) is 0.182. The van der Waals surface area contributed by atoms with Crippen LogP contribution < -0.4 is 10.6 Å². The average molecular weight is 278 g/mol. The molecule has 0 aromatic heterocycles. The molecular formula is C11H10N4O5. The molecule has 0 spiro atoms. The molecule has 0 aliphatic rings. The Morgan fingerprint density at radius 3 is 2.55 bits per heavy atom. The Kier molecular flexibility index (Phi) is 4.99. The number of hydrogen-bond acceptors (Lipinski definition) is 6. The Balaban J connectivity index is 2.85. The molecule has 9 nitrogen and oxygen atoms in total. The van der Waals surface area contributed by atoms with Crippen molar-refractivity contribution in [3.63, 3.8) is 0 Å².